The zero-order chi connectivity index (χ0) is 26.6. The SMILES string of the molecule is CCOC(=O)c1cc(C2CC2)c2c(C)c(N3C[C@H](NC(=O)OC(C)(C)C)[C@@H](C4CC4)C3)c(F)cn2c1=O. The van der Waals surface area contributed by atoms with Crippen LogP contribution in [0.5, 0.6) is 0 Å². The minimum absolute atomic E-state index is 0.0654. The molecule has 1 amide bonds. The van der Waals surface area contributed by atoms with Crippen molar-refractivity contribution in [3.63, 3.8) is 0 Å². The van der Waals surface area contributed by atoms with E-state index in [9.17, 15) is 14.4 Å². The number of carbonyl (C=O) groups is 2. The first-order valence-corrected chi connectivity index (χ1v) is 13.3. The van der Waals surface area contributed by atoms with E-state index >= 15 is 4.39 Å². The topological polar surface area (TPSA) is 89.3 Å². The first-order valence-electron chi connectivity index (χ1n) is 13.3. The van der Waals surface area contributed by atoms with Crippen molar-refractivity contribution in [1.82, 2.24) is 9.72 Å². The minimum Gasteiger partial charge on any atom is -0.462 e. The van der Waals surface area contributed by atoms with Gasteiger partial charge in [-0.05, 0) is 89.3 Å². The number of fused-ring (bicyclic) bond motifs is 1. The van der Waals surface area contributed by atoms with E-state index < -0.39 is 29.0 Å². The van der Waals surface area contributed by atoms with Gasteiger partial charge in [-0.15, -0.1) is 0 Å². The highest BCUT2D eigenvalue weighted by Gasteiger charge is 2.44. The fourth-order valence-electron chi connectivity index (χ4n) is 5.72. The zero-order valence-electron chi connectivity index (χ0n) is 22.2. The van der Waals surface area contributed by atoms with Crippen LogP contribution in [0.4, 0.5) is 14.9 Å². The Balaban J connectivity index is 1.53. The lowest BCUT2D eigenvalue weighted by atomic mass is 9.98. The molecule has 1 aliphatic heterocycles. The van der Waals surface area contributed by atoms with Crippen molar-refractivity contribution >= 4 is 23.3 Å². The Hall–Kier alpha value is -3.10. The number of nitrogens with one attached hydrogen (secondary N) is 1. The van der Waals surface area contributed by atoms with Crippen LogP contribution in [0.1, 0.15) is 80.8 Å². The molecular formula is C28H36FN3O5. The number of esters is 1. The maximum atomic E-state index is 15.8. The van der Waals surface area contributed by atoms with Crippen LogP contribution in [0.25, 0.3) is 5.52 Å². The fourth-order valence-corrected chi connectivity index (χ4v) is 5.72. The van der Waals surface area contributed by atoms with Gasteiger partial charge in [-0.1, -0.05) is 0 Å². The maximum absolute atomic E-state index is 15.8. The summed E-state index contributed by atoms with van der Waals surface area (Å²) in [6.07, 6.45) is 4.85. The summed E-state index contributed by atoms with van der Waals surface area (Å²) in [5, 5.41) is 3.03. The standard InChI is InChI=1S/C28H36FN3O5/c1-6-36-26(34)19-11-18(16-7-8-16)23-15(2)24(21(29)13-32(23)25(19)33)31-12-20(17-9-10-17)22(14-31)30-27(35)37-28(3,4)5/h11,13,16-17,20,22H,6-10,12,14H2,1-5H3,(H,30,35)/t20-,22+/m1/s1. The van der Waals surface area contributed by atoms with Gasteiger partial charge in [0.2, 0.25) is 0 Å². The smallest absolute Gasteiger partial charge is 0.407 e. The van der Waals surface area contributed by atoms with Crippen LogP contribution >= 0.6 is 0 Å². The monoisotopic (exact) mass is 513 g/mol. The third kappa shape index (κ3) is 5.05. The molecule has 200 valence electrons. The van der Waals surface area contributed by atoms with Crippen LogP contribution in [-0.4, -0.2) is 47.8 Å². The Morgan fingerprint density at radius 3 is 2.46 bits per heavy atom. The second-order valence-electron chi connectivity index (χ2n) is 11.6. The number of rotatable bonds is 6. The van der Waals surface area contributed by atoms with E-state index in [2.05, 4.69) is 5.32 Å². The summed E-state index contributed by atoms with van der Waals surface area (Å²) in [6.45, 7) is 10.2. The summed E-state index contributed by atoms with van der Waals surface area (Å²) in [7, 11) is 0. The Labute approximate surface area is 216 Å². The highest BCUT2D eigenvalue weighted by molar-refractivity contribution is 5.90. The van der Waals surface area contributed by atoms with Gasteiger partial charge in [0.05, 0.1) is 30.0 Å². The number of aromatic nitrogens is 1. The number of aryl methyl sites for hydroxylation is 1. The minimum atomic E-state index is -0.686. The van der Waals surface area contributed by atoms with E-state index in [1.165, 1.54) is 10.6 Å². The number of nitrogens with zero attached hydrogens (tertiary/aromatic N) is 2. The molecule has 9 heteroatoms. The van der Waals surface area contributed by atoms with Crippen molar-refractivity contribution in [2.24, 2.45) is 11.8 Å². The molecule has 2 aromatic heterocycles. The summed E-state index contributed by atoms with van der Waals surface area (Å²) in [5.74, 6) is -0.305. The van der Waals surface area contributed by atoms with Crippen LogP contribution in [0.15, 0.2) is 17.1 Å². The normalized spacial score (nSPS) is 21.8. The number of anilines is 1. The van der Waals surface area contributed by atoms with Crippen molar-refractivity contribution in [2.45, 2.75) is 77.9 Å². The molecule has 2 aliphatic carbocycles. The van der Waals surface area contributed by atoms with Crippen molar-refractivity contribution < 1.29 is 23.5 Å². The molecule has 3 aliphatic rings. The van der Waals surface area contributed by atoms with Gasteiger partial charge < -0.3 is 19.7 Å². The third-order valence-corrected chi connectivity index (χ3v) is 7.57. The van der Waals surface area contributed by atoms with Crippen LogP contribution in [0, 0.1) is 24.6 Å². The lowest BCUT2D eigenvalue weighted by Crippen LogP contribution is -2.43. The molecule has 0 unspecified atom stereocenters. The number of hydrogen-bond donors (Lipinski definition) is 1. The molecule has 8 nitrogen and oxygen atoms in total. The van der Waals surface area contributed by atoms with Gasteiger partial charge in [0.15, 0.2) is 5.82 Å². The van der Waals surface area contributed by atoms with Crippen LogP contribution in [-0.2, 0) is 9.47 Å². The van der Waals surface area contributed by atoms with Crippen LogP contribution in [0.3, 0.4) is 0 Å². The molecule has 0 bridgehead atoms. The molecule has 0 radical (unpaired) electrons. The second kappa shape index (κ2) is 9.33. The van der Waals surface area contributed by atoms with E-state index in [0.29, 0.717) is 35.8 Å². The van der Waals surface area contributed by atoms with Crippen molar-refractivity contribution in [2.75, 3.05) is 24.6 Å². The third-order valence-electron chi connectivity index (χ3n) is 7.57. The largest absolute Gasteiger partial charge is 0.462 e. The molecule has 37 heavy (non-hydrogen) atoms. The fraction of sp³-hybridized carbons (Fsp3) is 0.607. The molecule has 5 rings (SSSR count). The number of hydrogen-bond acceptors (Lipinski definition) is 6. The average Bonchev–Trinajstić information content (AvgIpc) is 3.72. The first kappa shape index (κ1) is 25.5. The van der Waals surface area contributed by atoms with Crippen LogP contribution < -0.4 is 15.8 Å². The number of alkyl carbamates (subject to hydrolysis) is 1. The Morgan fingerprint density at radius 1 is 1.16 bits per heavy atom. The molecule has 0 spiro atoms. The van der Waals surface area contributed by atoms with E-state index in [1.807, 2.05) is 32.6 Å². The molecule has 2 aromatic rings. The molecule has 2 atom stereocenters. The van der Waals surface area contributed by atoms with Crippen LogP contribution in [0.2, 0.25) is 0 Å². The molecule has 3 fully saturated rings. The van der Waals surface area contributed by atoms with Crippen molar-refractivity contribution in [1.29, 1.82) is 0 Å². The Kier molecular flexibility index (Phi) is 6.44. The molecule has 2 saturated carbocycles. The van der Waals surface area contributed by atoms with Gasteiger partial charge >= 0.3 is 12.1 Å². The molecule has 1 saturated heterocycles. The molecule has 1 N–H and O–H groups in total. The first-order chi connectivity index (χ1) is 17.5. The highest BCUT2D eigenvalue weighted by Crippen LogP contribution is 2.46. The van der Waals surface area contributed by atoms with E-state index in [0.717, 1.165) is 31.2 Å². The van der Waals surface area contributed by atoms with E-state index in [4.69, 9.17) is 9.47 Å². The molecular weight excluding hydrogens is 477 g/mol. The number of pyridine rings is 2. The van der Waals surface area contributed by atoms with Gasteiger partial charge in [-0.25, -0.2) is 14.0 Å². The average molecular weight is 514 g/mol. The van der Waals surface area contributed by atoms with Gasteiger partial charge in [0.1, 0.15) is 11.2 Å². The number of amides is 1. The molecule has 3 heterocycles. The summed E-state index contributed by atoms with van der Waals surface area (Å²) >= 11 is 0. The quantitative estimate of drug-likeness (QED) is 0.571. The predicted octanol–water partition coefficient (Wildman–Crippen LogP) is 4.54. The summed E-state index contributed by atoms with van der Waals surface area (Å²) in [4.78, 5) is 40.3. The lowest BCUT2D eigenvalue weighted by molar-refractivity contribution is 0.0491. The Bertz CT molecular complexity index is 1310. The van der Waals surface area contributed by atoms with E-state index in [-0.39, 0.29) is 30.0 Å². The van der Waals surface area contributed by atoms with Gasteiger partial charge in [0.25, 0.3) is 5.56 Å². The highest BCUT2D eigenvalue weighted by atomic mass is 19.1. The number of ether oxygens (including phenoxy) is 2. The van der Waals surface area contributed by atoms with E-state index in [1.54, 1.807) is 13.0 Å². The number of carbonyl (C=O) groups excluding carboxylic acids is 2. The summed E-state index contributed by atoms with van der Waals surface area (Å²) in [6, 6.07) is 1.49. The number of halogens is 1. The summed E-state index contributed by atoms with van der Waals surface area (Å²) in [5.41, 5.74) is 1.41. The summed E-state index contributed by atoms with van der Waals surface area (Å²) < 4.78 is 27.6. The Morgan fingerprint density at radius 2 is 1.86 bits per heavy atom. The van der Waals surface area contributed by atoms with Crippen molar-refractivity contribution in [3.05, 3.63) is 45.1 Å². The predicted molar refractivity (Wildman–Crippen MR) is 138 cm³/mol. The van der Waals surface area contributed by atoms with Gasteiger partial charge in [-0.3, -0.25) is 9.20 Å². The second-order valence-corrected chi connectivity index (χ2v) is 11.6. The lowest BCUT2D eigenvalue weighted by Gasteiger charge is -2.25. The van der Waals surface area contributed by atoms with Gasteiger partial charge in [-0.2, -0.15) is 0 Å². The maximum Gasteiger partial charge on any atom is 0.407 e. The van der Waals surface area contributed by atoms with Gasteiger partial charge in [0, 0.05) is 19.0 Å². The molecule has 0 aromatic carbocycles. The van der Waals surface area contributed by atoms with Crippen molar-refractivity contribution in [3.8, 4) is 0 Å². The zero-order valence-corrected chi connectivity index (χ0v) is 22.2.